The lowest BCUT2D eigenvalue weighted by molar-refractivity contribution is -0.128. The van der Waals surface area contributed by atoms with Gasteiger partial charge in [0.05, 0.1) is 0 Å². The molecule has 2 aliphatic heterocycles. The predicted molar refractivity (Wildman–Crippen MR) is 102 cm³/mol. The number of benzene rings is 1. The first-order chi connectivity index (χ1) is 12.7. The molecule has 26 heavy (non-hydrogen) atoms. The Balaban J connectivity index is 1.35. The number of hydrogen-bond acceptors (Lipinski definition) is 3. The zero-order chi connectivity index (χ0) is 18.2. The van der Waals surface area contributed by atoms with Crippen LogP contribution in [0.2, 0.25) is 0 Å². The molecule has 3 amide bonds. The van der Waals surface area contributed by atoms with Gasteiger partial charge in [-0.3, -0.25) is 4.79 Å². The van der Waals surface area contributed by atoms with Gasteiger partial charge in [-0.15, -0.1) is 0 Å². The molecule has 2 saturated heterocycles. The van der Waals surface area contributed by atoms with Crippen LogP contribution in [0.1, 0.15) is 37.7 Å². The van der Waals surface area contributed by atoms with Crippen LogP contribution in [0.4, 0.5) is 4.79 Å². The fourth-order valence-corrected chi connectivity index (χ4v) is 3.74. The Hall–Kier alpha value is -2.08. The van der Waals surface area contributed by atoms with Crippen molar-refractivity contribution in [1.82, 2.24) is 20.9 Å². The van der Waals surface area contributed by atoms with E-state index >= 15 is 0 Å². The van der Waals surface area contributed by atoms with Gasteiger partial charge in [0.1, 0.15) is 0 Å². The Labute approximate surface area is 155 Å². The molecule has 0 aliphatic carbocycles. The molecule has 2 heterocycles. The highest BCUT2D eigenvalue weighted by molar-refractivity contribution is 5.79. The van der Waals surface area contributed by atoms with Crippen molar-refractivity contribution in [3.8, 4) is 0 Å². The summed E-state index contributed by atoms with van der Waals surface area (Å²) >= 11 is 0. The molecule has 0 saturated carbocycles. The predicted octanol–water partition coefficient (Wildman–Crippen LogP) is 1.87. The van der Waals surface area contributed by atoms with Gasteiger partial charge in [0.2, 0.25) is 5.91 Å². The summed E-state index contributed by atoms with van der Waals surface area (Å²) in [5.41, 5.74) is 1.14. The van der Waals surface area contributed by atoms with Gasteiger partial charge in [-0.1, -0.05) is 43.2 Å². The van der Waals surface area contributed by atoms with Crippen molar-refractivity contribution in [3.05, 3.63) is 35.9 Å². The van der Waals surface area contributed by atoms with Gasteiger partial charge in [-0.2, -0.15) is 0 Å². The van der Waals surface area contributed by atoms with Crippen LogP contribution in [0.25, 0.3) is 0 Å². The Morgan fingerprint density at radius 2 is 1.92 bits per heavy atom. The molecule has 1 aromatic rings. The van der Waals surface area contributed by atoms with Crippen molar-refractivity contribution >= 4 is 11.9 Å². The maximum atomic E-state index is 12.2. The molecular formula is C20H30N4O2. The summed E-state index contributed by atoms with van der Waals surface area (Å²) in [5, 5.41) is 9.36. The zero-order valence-corrected chi connectivity index (χ0v) is 15.4. The number of hydrogen-bond donors (Lipinski definition) is 3. The summed E-state index contributed by atoms with van der Waals surface area (Å²) in [7, 11) is 0. The molecule has 142 valence electrons. The van der Waals surface area contributed by atoms with E-state index in [2.05, 4.69) is 16.0 Å². The van der Waals surface area contributed by atoms with Crippen LogP contribution >= 0.6 is 0 Å². The number of likely N-dealkylation sites (tertiary alicyclic amines) is 1. The maximum absolute atomic E-state index is 12.2. The average molecular weight is 358 g/mol. The van der Waals surface area contributed by atoms with Gasteiger partial charge < -0.3 is 20.9 Å². The SMILES string of the molecule is O=C(NCC1CC(=O)N(Cc2ccccc2)C1)NCC1CCCCCN1. The number of carbonyl (C=O) groups excluding carboxylic acids is 2. The van der Waals surface area contributed by atoms with E-state index in [1.54, 1.807) is 0 Å². The minimum Gasteiger partial charge on any atom is -0.338 e. The molecule has 0 spiro atoms. The highest BCUT2D eigenvalue weighted by Gasteiger charge is 2.29. The lowest BCUT2D eigenvalue weighted by Gasteiger charge is -2.18. The molecule has 0 bridgehead atoms. The first-order valence-corrected chi connectivity index (χ1v) is 9.77. The van der Waals surface area contributed by atoms with E-state index in [1.165, 1.54) is 19.3 Å². The summed E-state index contributed by atoms with van der Waals surface area (Å²) in [6.07, 6.45) is 5.34. The highest BCUT2D eigenvalue weighted by Crippen LogP contribution is 2.19. The van der Waals surface area contributed by atoms with Gasteiger partial charge in [0.15, 0.2) is 0 Å². The summed E-state index contributed by atoms with van der Waals surface area (Å²) in [6.45, 7) is 3.60. The number of rotatable bonds is 6. The molecule has 6 heteroatoms. The lowest BCUT2D eigenvalue weighted by atomic mass is 10.1. The summed E-state index contributed by atoms with van der Waals surface area (Å²) in [4.78, 5) is 26.1. The van der Waals surface area contributed by atoms with E-state index in [4.69, 9.17) is 0 Å². The first kappa shape index (κ1) is 18.7. The number of urea groups is 1. The average Bonchev–Trinajstić information content (AvgIpc) is 2.85. The second kappa shape index (κ2) is 9.57. The number of amides is 3. The smallest absolute Gasteiger partial charge is 0.314 e. The van der Waals surface area contributed by atoms with E-state index in [9.17, 15) is 9.59 Å². The summed E-state index contributed by atoms with van der Waals surface area (Å²) < 4.78 is 0. The van der Waals surface area contributed by atoms with Crippen molar-refractivity contribution in [2.45, 2.75) is 44.7 Å². The molecule has 6 nitrogen and oxygen atoms in total. The third-order valence-corrected chi connectivity index (χ3v) is 5.23. The van der Waals surface area contributed by atoms with Crippen LogP contribution in [-0.4, -0.2) is 49.1 Å². The van der Waals surface area contributed by atoms with E-state index in [-0.39, 0.29) is 17.9 Å². The number of carbonyl (C=O) groups is 2. The van der Waals surface area contributed by atoms with Crippen molar-refractivity contribution in [2.75, 3.05) is 26.2 Å². The molecule has 0 aromatic heterocycles. The van der Waals surface area contributed by atoms with E-state index < -0.39 is 0 Å². The van der Waals surface area contributed by atoms with Crippen molar-refractivity contribution in [2.24, 2.45) is 5.92 Å². The monoisotopic (exact) mass is 358 g/mol. The van der Waals surface area contributed by atoms with E-state index in [0.29, 0.717) is 38.6 Å². The Morgan fingerprint density at radius 1 is 1.12 bits per heavy atom. The quantitative estimate of drug-likeness (QED) is 0.727. The second-order valence-electron chi connectivity index (χ2n) is 7.42. The second-order valence-corrected chi connectivity index (χ2v) is 7.42. The molecule has 1 aromatic carbocycles. The van der Waals surface area contributed by atoms with Gasteiger partial charge in [-0.05, 0) is 24.9 Å². The largest absolute Gasteiger partial charge is 0.338 e. The lowest BCUT2D eigenvalue weighted by Crippen LogP contribution is -2.45. The van der Waals surface area contributed by atoms with Crippen LogP contribution in [0.3, 0.4) is 0 Å². The normalized spacial score (nSPS) is 23.5. The standard InChI is InChI=1S/C20H30N4O2/c25-19-11-17(15-24(19)14-16-7-3-1-4-8-16)12-22-20(26)23-13-18-9-5-2-6-10-21-18/h1,3-4,7-8,17-18,21H,2,5-6,9-15H2,(H2,22,23,26). The highest BCUT2D eigenvalue weighted by atomic mass is 16.2. The van der Waals surface area contributed by atoms with Crippen LogP contribution in [0.15, 0.2) is 30.3 Å². The van der Waals surface area contributed by atoms with Gasteiger partial charge >= 0.3 is 6.03 Å². The summed E-state index contributed by atoms with van der Waals surface area (Å²) in [6, 6.07) is 10.3. The third kappa shape index (κ3) is 5.73. The minimum absolute atomic E-state index is 0.134. The number of nitrogens with one attached hydrogen (secondary N) is 3. The van der Waals surface area contributed by atoms with E-state index in [1.807, 2.05) is 35.2 Å². The van der Waals surface area contributed by atoms with Crippen LogP contribution in [0, 0.1) is 5.92 Å². The van der Waals surface area contributed by atoms with Gasteiger partial charge in [0, 0.05) is 44.6 Å². The maximum Gasteiger partial charge on any atom is 0.314 e. The Kier molecular flexibility index (Phi) is 6.89. The van der Waals surface area contributed by atoms with Gasteiger partial charge in [0.25, 0.3) is 0 Å². The fourth-order valence-electron chi connectivity index (χ4n) is 3.74. The van der Waals surface area contributed by atoms with Crippen molar-refractivity contribution < 1.29 is 9.59 Å². The van der Waals surface area contributed by atoms with Crippen LogP contribution < -0.4 is 16.0 Å². The molecule has 3 rings (SSSR count). The van der Waals surface area contributed by atoms with Gasteiger partial charge in [-0.25, -0.2) is 4.79 Å². The topological polar surface area (TPSA) is 73.5 Å². The van der Waals surface area contributed by atoms with Crippen molar-refractivity contribution in [3.63, 3.8) is 0 Å². The first-order valence-electron chi connectivity index (χ1n) is 9.77. The molecule has 2 aliphatic rings. The van der Waals surface area contributed by atoms with Crippen molar-refractivity contribution in [1.29, 1.82) is 0 Å². The summed E-state index contributed by atoms with van der Waals surface area (Å²) in [5.74, 6) is 0.358. The molecule has 2 atom stereocenters. The molecule has 0 radical (unpaired) electrons. The fraction of sp³-hybridized carbons (Fsp3) is 0.600. The molecular weight excluding hydrogens is 328 g/mol. The Bertz CT molecular complexity index is 585. The Morgan fingerprint density at radius 3 is 2.77 bits per heavy atom. The minimum atomic E-state index is -0.134. The molecule has 2 unspecified atom stereocenters. The molecule has 2 fully saturated rings. The van der Waals surface area contributed by atoms with Crippen LogP contribution in [0.5, 0.6) is 0 Å². The zero-order valence-electron chi connectivity index (χ0n) is 15.4. The van der Waals surface area contributed by atoms with Crippen LogP contribution in [-0.2, 0) is 11.3 Å². The van der Waals surface area contributed by atoms with E-state index in [0.717, 1.165) is 18.5 Å². The third-order valence-electron chi connectivity index (χ3n) is 5.23. The number of nitrogens with zero attached hydrogens (tertiary/aromatic N) is 1. The molecule has 3 N–H and O–H groups in total.